The van der Waals surface area contributed by atoms with E-state index in [9.17, 15) is 9.50 Å². The lowest BCUT2D eigenvalue weighted by Crippen LogP contribution is -2.10. The van der Waals surface area contributed by atoms with Gasteiger partial charge in [0.05, 0.1) is 5.92 Å². The molecule has 9 heteroatoms. The molecule has 0 saturated carbocycles. The monoisotopic (exact) mass is 422 g/mol. The van der Waals surface area contributed by atoms with Crippen molar-refractivity contribution in [3.05, 3.63) is 78.0 Å². The highest BCUT2D eigenvalue weighted by Crippen LogP contribution is 2.27. The predicted molar refractivity (Wildman–Crippen MR) is 112 cm³/mol. The molecule has 0 radical (unpaired) electrons. The first-order valence-electron chi connectivity index (χ1n) is 10.2. The molecule has 0 aliphatic heterocycles. The summed E-state index contributed by atoms with van der Waals surface area (Å²) < 4.78 is 21.2. The van der Waals surface area contributed by atoms with Gasteiger partial charge in [-0.2, -0.15) is 4.98 Å². The van der Waals surface area contributed by atoms with E-state index in [1.54, 1.807) is 12.4 Å². The Labute approximate surface area is 178 Å². The quantitative estimate of drug-likeness (QED) is 0.601. The Balaban J connectivity index is 1.56. The van der Waals surface area contributed by atoms with Gasteiger partial charge in [0, 0.05) is 36.8 Å². The fraction of sp³-hybridized carbons (Fsp3) is 0.318. The van der Waals surface area contributed by atoms with Crippen molar-refractivity contribution in [3.63, 3.8) is 0 Å². The molecule has 2 unspecified atom stereocenters. The summed E-state index contributed by atoms with van der Waals surface area (Å²) in [7, 11) is 0. The first-order chi connectivity index (χ1) is 15.0. The summed E-state index contributed by atoms with van der Waals surface area (Å²) in [6.45, 7) is 4.86. The van der Waals surface area contributed by atoms with Gasteiger partial charge in [0.15, 0.2) is 11.6 Å². The van der Waals surface area contributed by atoms with E-state index in [2.05, 4.69) is 36.8 Å². The number of aliphatic hydroxyl groups excluding tert-OH is 1. The minimum atomic E-state index is -0.634. The van der Waals surface area contributed by atoms with E-state index in [1.165, 1.54) is 24.3 Å². The third kappa shape index (κ3) is 4.60. The van der Waals surface area contributed by atoms with Crippen LogP contribution in [-0.2, 0) is 13.0 Å². The molecule has 0 aromatic carbocycles. The van der Waals surface area contributed by atoms with Gasteiger partial charge in [0.1, 0.15) is 17.4 Å². The van der Waals surface area contributed by atoms with Crippen LogP contribution < -0.4 is 0 Å². The fourth-order valence-electron chi connectivity index (χ4n) is 3.43. The van der Waals surface area contributed by atoms with Crippen molar-refractivity contribution in [1.82, 2.24) is 29.9 Å². The third-order valence-corrected chi connectivity index (χ3v) is 4.99. The van der Waals surface area contributed by atoms with Gasteiger partial charge in [-0.3, -0.25) is 4.98 Å². The summed E-state index contributed by atoms with van der Waals surface area (Å²) in [6, 6.07) is 3.82. The third-order valence-electron chi connectivity index (χ3n) is 4.99. The molecule has 1 N–H and O–H groups in total. The van der Waals surface area contributed by atoms with Crippen molar-refractivity contribution in [2.24, 2.45) is 0 Å². The second kappa shape index (κ2) is 9.03. The number of halogens is 1. The molecule has 31 heavy (non-hydrogen) atoms. The van der Waals surface area contributed by atoms with Crippen molar-refractivity contribution >= 4 is 0 Å². The lowest BCUT2D eigenvalue weighted by atomic mass is 10.1. The molecular weight excluding hydrogens is 399 g/mol. The molecule has 0 fully saturated rings. The van der Waals surface area contributed by atoms with E-state index in [0.717, 1.165) is 30.2 Å². The molecule has 1 aliphatic carbocycles. The summed E-state index contributed by atoms with van der Waals surface area (Å²) in [6.07, 6.45) is 10.2. The van der Waals surface area contributed by atoms with E-state index >= 15 is 0 Å². The van der Waals surface area contributed by atoms with Gasteiger partial charge in [-0.25, -0.2) is 4.39 Å². The van der Waals surface area contributed by atoms with Crippen molar-refractivity contribution in [2.45, 2.75) is 45.1 Å². The summed E-state index contributed by atoms with van der Waals surface area (Å²) >= 11 is 0. The molecule has 4 rings (SSSR count). The van der Waals surface area contributed by atoms with Crippen molar-refractivity contribution in [1.29, 1.82) is 0 Å². The molecule has 3 heterocycles. The second-order valence-electron chi connectivity index (χ2n) is 7.43. The van der Waals surface area contributed by atoms with Crippen LogP contribution in [0.5, 0.6) is 0 Å². The standard InChI is InChI=1S/C22H23FN6O2/c1-3-10-29-19(26-27-21(29)15-6-8-24-9-7-15)11-14(2)20-25-22(31-28-20)16-12-17(23)4-5-18(30)13-16/h4-9,12-14,16,30H,3,10-11H2,1-2H3. The highest BCUT2D eigenvalue weighted by atomic mass is 19.1. The topological polar surface area (TPSA) is 103 Å². The lowest BCUT2D eigenvalue weighted by molar-refractivity contribution is 0.366. The number of allylic oxidation sites excluding steroid dienone is 5. The van der Waals surface area contributed by atoms with Crippen LogP contribution in [0, 0.1) is 0 Å². The molecule has 0 saturated heterocycles. The Morgan fingerprint density at radius 3 is 2.77 bits per heavy atom. The molecule has 3 aromatic rings. The van der Waals surface area contributed by atoms with Gasteiger partial charge in [-0.05, 0) is 42.9 Å². The fourth-order valence-corrected chi connectivity index (χ4v) is 3.43. The highest BCUT2D eigenvalue weighted by Gasteiger charge is 2.23. The van der Waals surface area contributed by atoms with Crippen LogP contribution in [0.2, 0.25) is 0 Å². The number of hydrogen-bond acceptors (Lipinski definition) is 7. The summed E-state index contributed by atoms with van der Waals surface area (Å²) in [5, 5.41) is 22.7. The van der Waals surface area contributed by atoms with E-state index in [4.69, 9.17) is 4.52 Å². The van der Waals surface area contributed by atoms with Crippen LogP contribution in [0.15, 0.2) is 64.9 Å². The SMILES string of the molecule is CCCn1c(CC(C)c2noc(C3C=C(O)C=CC(F)=C3)n2)nnc1-c1ccncc1. The Morgan fingerprint density at radius 2 is 2.00 bits per heavy atom. The van der Waals surface area contributed by atoms with E-state index in [1.807, 2.05) is 19.1 Å². The molecule has 160 valence electrons. The van der Waals surface area contributed by atoms with E-state index in [-0.39, 0.29) is 17.6 Å². The Kier molecular flexibility index (Phi) is 6.01. The van der Waals surface area contributed by atoms with Crippen molar-refractivity contribution in [2.75, 3.05) is 0 Å². The predicted octanol–water partition coefficient (Wildman–Crippen LogP) is 4.43. The maximum atomic E-state index is 13.8. The first kappa shape index (κ1) is 20.6. The van der Waals surface area contributed by atoms with E-state index in [0.29, 0.717) is 12.2 Å². The number of aliphatic hydroxyl groups is 1. The highest BCUT2D eigenvalue weighted by molar-refractivity contribution is 5.54. The molecule has 0 amide bonds. The molecule has 0 bridgehead atoms. The largest absolute Gasteiger partial charge is 0.508 e. The number of pyridine rings is 1. The van der Waals surface area contributed by atoms with Gasteiger partial charge >= 0.3 is 0 Å². The van der Waals surface area contributed by atoms with Crippen LogP contribution in [-0.4, -0.2) is 35.0 Å². The van der Waals surface area contributed by atoms with Crippen LogP contribution in [0.3, 0.4) is 0 Å². The minimum Gasteiger partial charge on any atom is -0.508 e. The van der Waals surface area contributed by atoms with Crippen LogP contribution >= 0.6 is 0 Å². The number of rotatable bonds is 7. The van der Waals surface area contributed by atoms with E-state index < -0.39 is 11.7 Å². The normalized spacial score (nSPS) is 17.2. The maximum Gasteiger partial charge on any atom is 0.237 e. The molecule has 0 spiro atoms. The molecule has 8 nitrogen and oxygen atoms in total. The van der Waals surface area contributed by atoms with Crippen molar-refractivity contribution in [3.8, 4) is 11.4 Å². The Morgan fingerprint density at radius 1 is 1.19 bits per heavy atom. The number of aromatic nitrogens is 6. The van der Waals surface area contributed by atoms with Gasteiger partial charge in [-0.1, -0.05) is 19.0 Å². The zero-order chi connectivity index (χ0) is 21.8. The smallest absolute Gasteiger partial charge is 0.237 e. The summed E-state index contributed by atoms with van der Waals surface area (Å²) in [4.78, 5) is 8.50. The zero-order valence-corrected chi connectivity index (χ0v) is 17.3. The minimum absolute atomic E-state index is 0.0574. The number of hydrogen-bond donors (Lipinski definition) is 1. The Bertz CT molecular complexity index is 1110. The van der Waals surface area contributed by atoms with Gasteiger partial charge in [0.2, 0.25) is 5.89 Å². The Hall–Kier alpha value is -3.62. The average molecular weight is 422 g/mol. The van der Waals surface area contributed by atoms with Gasteiger partial charge in [0.25, 0.3) is 0 Å². The zero-order valence-electron chi connectivity index (χ0n) is 17.3. The molecule has 3 aromatic heterocycles. The van der Waals surface area contributed by atoms with Gasteiger partial charge in [-0.15, -0.1) is 10.2 Å². The molecule has 2 atom stereocenters. The first-order valence-corrected chi connectivity index (χ1v) is 10.2. The van der Waals surface area contributed by atoms with Crippen LogP contribution in [0.1, 0.15) is 49.6 Å². The van der Waals surface area contributed by atoms with Crippen LogP contribution in [0.4, 0.5) is 4.39 Å². The molecule has 1 aliphatic rings. The number of nitrogens with zero attached hydrogens (tertiary/aromatic N) is 6. The maximum absolute atomic E-state index is 13.8. The molecular formula is C22H23FN6O2. The summed E-state index contributed by atoms with van der Waals surface area (Å²) in [5.41, 5.74) is 0.957. The van der Waals surface area contributed by atoms with Gasteiger partial charge < -0.3 is 14.2 Å². The lowest BCUT2D eigenvalue weighted by Gasteiger charge is -2.11. The second-order valence-corrected chi connectivity index (χ2v) is 7.43. The summed E-state index contributed by atoms with van der Waals surface area (Å²) in [5.74, 6) is 1.07. The van der Waals surface area contributed by atoms with Crippen LogP contribution in [0.25, 0.3) is 11.4 Å². The van der Waals surface area contributed by atoms with Crippen molar-refractivity contribution < 1.29 is 14.0 Å². The average Bonchev–Trinajstić information content (AvgIpc) is 3.37.